The van der Waals surface area contributed by atoms with Crippen LogP contribution >= 0.6 is 11.3 Å². The van der Waals surface area contributed by atoms with Crippen LogP contribution in [0.2, 0.25) is 0 Å². The Balaban J connectivity index is 1.95. The average molecular weight is 282 g/mol. The summed E-state index contributed by atoms with van der Waals surface area (Å²) in [5, 5.41) is 4.40. The van der Waals surface area contributed by atoms with Gasteiger partial charge < -0.3 is 15.1 Å². The summed E-state index contributed by atoms with van der Waals surface area (Å²) in [6.45, 7) is 9.34. The van der Waals surface area contributed by atoms with Crippen LogP contribution < -0.4 is 10.2 Å². The molecule has 1 fully saturated rings. The van der Waals surface area contributed by atoms with Crippen molar-refractivity contribution in [2.75, 3.05) is 31.6 Å². The first-order chi connectivity index (χ1) is 8.85. The van der Waals surface area contributed by atoms with Crippen LogP contribution in [0.3, 0.4) is 0 Å². The summed E-state index contributed by atoms with van der Waals surface area (Å²) in [7, 11) is 1.85. The normalized spacial score (nSPS) is 17.2. The lowest BCUT2D eigenvalue weighted by Crippen LogP contribution is -2.48. The van der Waals surface area contributed by atoms with Crippen LogP contribution in [0.4, 0.5) is 5.13 Å². The highest BCUT2D eigenvalue weighted by Gasteiger charge is 2.23. The molecule has 1 aliphatic rings. The standard InChI is InChI=1S/C13H22N4OS/c1-13(2,3)15-8-10-7-14-12(19-10)17-6-5-16(4)11(18)9-17/h7,15H,5-6,8-9H2,1-4H3. The number of nitrogens with one attached hydrogen (secondary N) is 1. The number of aromatic nitrogens is 1. The number of anilines is 1. The Bertz CT molecular complexity index is 452. The maximum atomic E-state index is 11.7. The molecule has 106 valence electrons. The van der Waals surface area contributed by atoms with Crippen molar-refractivity contribution in [3.63, 3.8) is 0 Å². The number of carbonyl (C=O) groups excluding carboxylic acids is 1. The van der Waals surface area contributed by atoms with Crippen LogP contribution in [0.25, 0.3) is 0 Å². The summed E-state index contributed by atoms with van der Waals surface area (Å²) in [4.78, 5) is 21.2. The first kappa shape index (κ1) is 14.3. The second-order valence-corrected chi connectivity index (χ2v) is 7.04. The predicted octanol–water partition coefficient (Wildman–Crippen LogP) is 1.31. The van der Waals surface area contributed by atoms with E-state index in [4.69, 9.17) is 0 Å². The minimum atomic E-state index is 0.105. The molecule has 1 N–H and O–H groups in total. The SMILES string of the molecule is CN1CCN(c2ncc(CNC(C)(C)C)s2)CC1=O. The van der Waals surface area contributed by atoms with Crippen molar-refractivity contribution in [1.29, 1.82) is 0 Å². The largest absolute Gasteiger partial charge is 0.342 e. The summed E-state index contributed by atoms with van der Waals surface area (Å²) in [6, 6.07) is 0. The van der Waals surface area contributed by atoms with Crippen molar-refractivity contribution in [1.82, 2.24) is 15.2 Å². The third kappa shape index (κ3) is 3.91. The number of nitrogens with zero attached hydrogens (tertiary/aromatic N) is 3. The number of hydrogen-bond donors (Lipinski definition) is 1. The van der Waals surface area contributed by atoms with E-state index in [2.05, 4.69) is 36.0 Å². The molecule has 2 rings (SSSR count). The molecule has 19 heavy (non-hydrogen) atoms. The Kier molecular flexibility index (Phi) is 4.10. The monoisotopic (exact) mass is 282 g/mol. The smallest absolute Gasteiger partial charge is 0.241 e. The van der Waals surface area contributed by atoms with Crippen LogP contribution in [-0.2, 0) is 11.3 Å². The van der Waals surface area contributed by atoms with Gasteiger partial charge in [0, 0.05) is 43.3 Å². The van der Waals surface area contributed by atoms with Crippen LogP contribution in [0.5, 0.6) is 0 Å². The van der Waals surface area contributed by atoms with Crippen LogP contribution in [0.1, 0.15) is 25.6 Å². The molecule has 1 saturated heterocycles. The van der Waals surface area contributed by atoms with E-state index in [9.17, 15) is 4.79 Å². The lowest BCUT2D eigenvalue weighted by molar-refractivity contribution is -0.129. The maximum Gasteiger partial charge on any atom is 0.241 e. The molecular formula is C13H22N4OS. The van der Waals surface area contributed by atoms with Crippen molar-refractivity contribution in [3.8, 4) is 0 Å². The number of rotatable bonds is 3. The third-order valence-electron chi connectivity index (χ3n) is 3.06. The van der Waals surface area contributed by atoms with Gasteiger partial charge in [-0.1, -0.05) is 0 Å². The fraction of sp³-hybridized carbons (Fsp3) is 0.692. The zero-order chi connectivity index (χ0) is 14.0. The van der Waals surface area contributed by atoms with Crippen molar-refractivity contribution in [2.45, 2.75) is 32.9 Å². The van der Waals surface area contributed by atoms with Crippen molar-refractivity contribution >= 4 is 22.4 Å². The Hall–Kier alpha value is -1.14. The summed E-state index contributed by atoms with van der Waals surface area (Å²) in [6.07, 6.45) is 1.90. The summed E-state index contributed by atoms with van der Waals surface area (Å²) in [5.74, 6) is 0.163. The highest BCUT2D eigenvalue weighted by atomic mass is 32.1. The van der Waals surface area contributed by atoms with Gasteiger partial charge in [0.1, 0.15) is 0 Å². The zero-order valence-corrected chi connectivity index (χ0v) is 12.9. The van der Waals surface area contributed by atoms with Crippen molar-refractivity contribution in [3.05, 3.63) is 11.1 Å². The Morgan fingerprint density at radius 2 is 2.16 bits per heavy atom. The van der Waals surface area contributed by atoms with Crippen molar-refractivity contribution in [2.24, 2.45) is 0 Å². The molecule has 1 aromatic heterocycles. The van der Waals surface area contributed by atoms with Gasteiger partial charge in [-0.05, 0) is 20.8 Å². The Morgan fingerprint density at radius 1 is 1.42 bits per heavy atom. The molecule has 0 aliphatic carbocycles. The van der Waals surface area contributed by atoms with Gasteiger partial charge in [-0.25, -0.2) is 4.98 Å². The number of hydrogen-bond acceptors (Lipinski definition) is 5. The number of likely N-dealkylation sites (N-methyl/N-ethyl adjacent to an activating group) is 1. The number of thiazole rings is 1. The molecule has 6 heteroatoms. The minimum Gasteiger partial charge on any atom is -0.342 e. The summed E-state index contributed by atoms with van der Waals surface area (Å²) in [5.41, 5.74) is 0.105. The molecule has 1 aromatic rings. The molecular weight excluding hydrogens is 260 g/mol. The number of piperazine rings is 1. The van der Waals surface area contributed by atoms with E-state index in [-0.39, 0.29) is 11.4 Å². The van der Waals surface area contributed by atoms with E-state index in [0.717, 1.165) is 24.8 Å². The van der Waals surface area contributed by atoms with E-state index < -0.39 is 0 Å². The molecule has 0 unspecified atom stereocenters. The van der Waals surface area contributed by atoms with Gasteiger partial charge in [0.2, 0.25) is 5.91 Å². The first-order valence-electron chi connectivity index (χ1n) is 6.54. The maximum absolute atomic E-state index is 11.7. The molecule has 0 saturated carbocycles. The van der Waals surface area contributed by atoms with Gasteiger partial charge in [-0.3, -0.25) is 4.79 Å². The Morgan fingerprint density at radius 3 is 2.79 bits per heavy atom. The fourth-order valence-electron chi connectivity index (χ4n) is 1.80. The average Bonchev–Trinajstić information content (AvgIpc) is 2.78. The number of carbonyl (C=O) groups is 1. The highest BCUT2D eigenvalue weighted by Crippen LogP contribution is 2.24. The molecule has 1 aliphatic heterocycles. The molecule has 5 nitrogen and oxygen atoms in total. The van der Waals surface area contributed by atoms with Crippen LogP contribution in [0.15, 0.2) is 6.20 Å². The van der Waals surface area contributed by atoms with Gasteiger partial charge in [0.15, 0.2) is 5.13 Å². The van der Waals surface area contributed by atoms with E-state index >= 15 is 0 Å². The summed E-state index contributed by atoms with van der Waals surface area (Å²) >= 11 is 1.66. The van der Waals surface area contributed by atoms with E-state index in [1.807, 2.05) is 13.2 Å². The lowest BCUT2D eigenvalue weighted by Gasteiger charge is -2.31. The van der Waals surface area contributed by atoms with E-state index in [1.54, 1.807) is 16.2 Å². The molecule has 0 atom stereocenters. The first-order valence-corrected chi connectivity index (χ1v) is 7.35. The van der Waals surface area contributed by atoms with Crippen molar-refractivity contribution < 1.29 is 4.79 Å². The molecule has 0 bridgehead atoms. The van der Waals surface area contributed by atoms with Crippen LogP contribution in [-0.4, -0.2) is 48.0 Å². The summed E-state index contributed by atoms with van der Waals surface area (Å²) < 4.78 is 0. The van der Waals surface area contributed by atoms with Gasteiger partial charge in [-0.2, -0.15) is 0 Å². The molecule has 0 spiro atoms. The quantitative estimate of drug-likeness (QED) is 0.908. The minimum absolute atomic E-state index is 0.105. The fourth-order valence-corrected chi connectivity index (χ4v) is 2.67. The van der Waals surface area contributed by atoms with Gasteiger partial charge in [0.25, 0.3) is 0 Å². The van der Waals surface area contributed by atoms with E-state index in [0.29, 0.717) is 6.54 Å². The highest BCUT2D eigenvalue weighted by molar-refractivity contribution is 7.15. The Labute approximate surface area is 118 Å². The van der Waals surface area contributed by atoms with E-state index in [1.165, 1.54) is 4.88 Å². The van der Waals surface area contributed by atoms with Gasteiger partial charge >= 0.3 is 0 Å². The van der Waals surface area contributed by atoms with Crippen LogP contribution in [0, 0.1) is 0 Å². The zero-order valence-electron chi connectivity index (χ0n) is 12.1. The third-order valence-corrected chi connectivity index (χ3v) is 4.12. The second kappa shape index (κ2) is 5.46. The number of amides is 1. The lowest BCUT2D eigenvalue weighted by atomic mass is 10.1. The molecule has 1 amide bonds. The topological polar surface area (TPSA) is 48.5 Å². The van der Waals surface area contributed by atoms with Gasteiger partial charge in [-0.15, -0.1) is 11.3 Å². The van der Waals surface area contributed by atoms with Gasteiger partial charge in [0.05, 0.1) is 6.54 Å². The second-order valence-electron chi connectivity index (χ2n) is 5.95. The molecule has 0 radical (unpaired) electrons. The molecule has 2 heterocycles. The molecule has 0 aromatic carbocycles. The predicted molar refractivity (Wildman–Crippen MR) is 78.6 cm³/mol.